The van der Waals surface area contributed by atoms with Crippen LogP contribution in [0.5, 0.6) is 0 Å². The zero-order valence-corrected chi connectivity index (χ0v) is 11.9. The molecule has 0 spiro atoms. The average Bonchev–Trinajstić information content (AvgIpc) is 3.17. The predicted octanol–water partition coefficient (Wildman–Crippen LogP) is 3.17. The number of nitrogens with two attached hydrogens (primary N) is 1. The van der Waals surface area contributed by atoms with Crippen molar-refractivity contribution >= 4 is 0 Å². The average molecular weight is 258 g/mol. The molecule has 1 atom stereocenters. The van der Waals surface area contributed by atoms with Crippen LogP contribution in [-0.4, -0.2) is 23.5 Å². The van der Waals surface area contributed by atoms with Crippen molar-refractivity contribution in [2.75, 3.05) is 13.1 Å². The molecule has 1 saturated heterocycles. The lowest BCUT2D eigenvalue weighted by atomic mass is 9.92. The molecule has 1 aromatic rings. The monoisotopic (exact) mass is 258 g/mol. The van der Waals surface area contributed by atoms with Crippen molar-refractivity contribution in [3.05, 3.63) is 35.9 Å². The summed E-state index contributed by atoms with van der Waals surface area (Å²) in [7, 11) is 0. The number of rotatable bonds is 4. The highest BCUT2D eigenvalue weighted by molar-refractivity contribution is 5.14. The van der Waals surface area contributed by atoms with Gasteiger partial charge in [0.15, 0.2) is 0 Å². The molecule has 0 bridgehead atoms. The minimum atomic E-state index is 0.235. The van der Waals surface area contributed by atoms with Gasteiger partial charge in [0.2, 0.25) is 0 Å². The van der Waals surface area contributed by atoms with Crippen LogP contribution in [0.1, 0.15) is 44.1 Å². The first-order valence-electron chi connectivity index (χ1n) is 7.79. The molecule has 1 aromatic carbocycles. The maximum absolute atomic E-state index is 6.27. The van der Waals surface area contributed by atoms with Crippen LogP contribution in [0.25, 0.3) is 0 Å². The molecule has 2 N–H and O–H groups in total. The van der Waals surface area contributed by atoms with E-state index in [0.717, 1.165) is 12.5 Å². The van der Waals surface area contributed by atoms with Crippen LogP contribution in [0.15, 0.2) is 30.3 Å². The number of hydrogen-bond donors (Lipinski definition) is 1. The zero-order valence-electron chi connectivity index (χ0n) is 11.9. The molecule has 0 aromatic heterocycles. The first kappa shape index (κ1) is 13.1. The van der Waals surface area contributed by atoms with E-state index in [2.05, 4.69) is 35.2 Å². The van der Waals surface area contributed by atoms with E-state index < -0.39 is 0 Å². The Balaban J connectivity index is 1.50. The Kier molecular flexibility index (Phi) is 3.90. The smallest absolute Gasteiger partial charge is 0.0233 e. The fourth-order valence-electron chi connectivity index (χ4n) is 3.37. The molecule has 2 aliphatic rings. The molecule has 3 rings (SSSR count). The second-order valence-electron chi connectivity index (χ2n) is 6.63. The van der Waals surface area contributed by atoms with E-state index in [1.807, 2.05) is 0 Å². The van der Waals surface area contributed by atoms with Gasteiger partial charge in [0.05, 0.1) is 0 Å². The summed E-state index contributed by atoms with van der Waals surface area (Å²) in [6.45, 7) is 3.61. The second kappa shape index (κ2) is 5.64. The van der Waals surface area contributed by atoms with Gasteiger partial charge in [-0.05, 0) is 63.1 Å². The van der Waals surface area contributed by atoms with Gasteiger partial charge in [0.1, 0.15) is 0 Å². The predicted molar refractivity (Wildman–Crippen MR) is 79.8 cm³/mol. The first-order valence-corrected chi connectivity index (χ1v) is 7.79. The Bertz CT molecular complexity index is 397. The first-order chi connectivity index (χ1) is 9.23. The molecule has 0 amide bonds. The molecule has 2 heteroatoms. The molecule has 1 unspecified atom stereocenters. The number of nitrogens with zero attached hydrogens (tertiary/aromatic N) is 1. The quantitative estimate of drug-likeness (QED) is 0.899. The van der Waals surface area contributed by atoms with Crippen LogP contribution >= 0.6 is 0 Å². The van der Waals surface area contributed by atoms with Gasteiger partial charge in [-0.3, -0.25) is 4.90 Å². The summed E-state index contributed by atoms with van der Waals surface area (Å²) in [6, 6.07) is 10.9. The van der Waals surface area contributed by atoms with Crippen LogP contribution in [0.2, 0.25) is 0 Å². The highest BCUT2D eigenvalue weighted by Crippen LogP contribution is 2.40. The molecule has 19 heavy (non-hydrogen) atoms. The molecule has 2 fully saturated rings. The van der Waals surface area contributed by atoms with Gasteiger partial charge in [0, 0.05) is 12.1 Å². The van der Waals surface area contributed by atoms with Crippen molar-refractivity contribution in [1.82, 2.24) is 4.90 Å². The molecule has 1 aliphatic heterocycles. The van der Waals surface area contributed by atoms with E-state index in [4.69, 9.17) is 5.73 Å². The van der Waals surface area contributed by atoms with Gasteiger partial charge in [-0.15, -0.1) is 0 Å². The van der Waals surface area contributed by atoms with Crippen molar-refractivity contribution in [3.8, 4) is 0 Å². The Morgan fingerprint density at radius 2 is 1.89 bits per heavy atom. The summed E-state index contributed by atoms with van der Waals surface area (Å²) in [5, 5.41) is 0. The van der Waals surface area contributed by atoms with Crippen molar-refractivity contribution in [3.63, 3.8) is 0 Å². The summed E-state index contributed by atoms with van der Waals surface area (Å²) < 4.78 is 0. The minimum Gasteiger partial charge on any atom is -0.325 e. The lowest BCUT2D eigenvalue weighted by Crippen LogP contribution is -2.27. The van der Waals surface area contributed by atoms with Crippen LogP contribution in [0, 0.1) is 5.92 Å². The lowest BCUT2D eigenvalue weighted by molar-refractivity contribution is 0.269. The third-order valence-corrected chi connectivity index (χ3v) is 4.78. The summed E-state index contributed by atoms with van der Waals surface area (Å²) >= 11 is 0. The summed E-state index contributed by atoms with van der Waals surface area (Å²) in [4.78, 5) is 2.62. The van der Waals surface area contributed by atoms with Gasteiger partial charge in [-0.2, -0.15) is 0 Å². The highest BCUT2D eigenvalue weighted by Gasteiger charge is 2.40. The van der Waals surface area contributed by atoms with E-state index in [1.54, 1.807) is 0 Å². The molecule has 1 aliphatic carbocycles. The number of hydrogen-bond acceptors (Lipinski definition) is 2. The summed E-state index contributed by atoms with van der Waals surface area (Å²) in [5.74, 6) is 0.869. The summed E-state index contributed by atoms with van der Waals surface area (Å²) in [6.07, 6.45) is 7.85. The molecule has 1 saturated carbocycles. The van der Waals surface area contributed by atoms with Crippen molar-refractivity contribution in [2.45, 2.75) is 50.6 Å². The van der Waals surface area contributed by atoms with Crippen LogP contribution in [-0.2, 0) is 6.54 Å². The largest absolute Gasteiger partial charge is 0.325 e. The minimum absolute atomic E-state index is 0.235. The molecular weight excluding hydrogens is 232 g/mol. The SMILES string of the molecule is NC1(CC2CCCN(Cc3ccccc3)CC2)CC1. The van der Waals surface area contributed by atoms with Gasteiger partial charge in [0.25, 0.3) is 0 Å². The normalized spacial score (nSPS) is 26.9. The van der Waals surface area contributed by atoms with Crippen LogP contribution in [0.3, 0.4) is 0 Å². The molecule has 104 valence electrons. The maximum atomic E-state index is 6.27. The van der Waals surface area contributed by atoms with E-state index >= 15 is 0 Å². The third kappa shape index (κ3) is 3.80. The van der Waals surface area contributed by atoms with Gasteiger partial charge >= 0.3 is 0 Å². The Morgan fingerprint density at radius 3 is 2.63 bits per heavy atom. The molecular formula is C17H26N2. The Labute approximate surface area is 117 Å². The molecule has 2 nitrogen and oxygen atoms in total. The van der Waals surface area contributed by atoms with E-state index in [0.29, 0.717) is 0 Å². The fraction of sp³-hybridized carbons (Fsp3) is 0.647. The van der Waals surface area contributed by atoms with Crippen molar-refractivity contribution < 1.29 is 0 Å². The lowest BCUT2D eigenvalue weighted by Gasteiger charge is -2.21. The van der Waals surface area contributed by atoms with Crippen molar-refractivity contribution in [1.29, 1.82) is 0 Å². The number of likely N-dealkylation sites (tertiary alicyclic amines) is 1. The second-order valence-corrected chi connectivity index (χ2v) is 6.63. The highest BCUT2D eigenvalue weighted by atomic mass is 15.1. The Hall–Kier alpha value is -0.860. The van der Waals surface area contributed by atoms with Gasteiger partial charge < -0.3 is 5.73 Å². The van der Waals surface area contributed by atoms with E-state index in [9.17, 15) is 0 Å². The molecule has 1 heterocycles. The van der Waals surface area contributed by atoms with Gasteiger partial charge in [-0.1, -0.05) is 30.3 Å². The van der Waals surface area contributed by atoms with Crippen molar-refractivity contribution in [2.24, 2.45) is 11.7 Å². The van der Waals surface area contributed by atoms with Crippen LogP contribution < -0.4 is 5.73 Å². The van der Waals surface area contributed by atoms with Gasteiger partial charge in [-0.25, -0.2) is 0 Å². The third-order valence-electron chi connectivity index (χ3n) is 4.78. The maximum Gasteiger partial charge on any atom is 0.0233 e. The topological polar surface area (TPSA) is 29.3 Å². The van der Waals surface area contributed by atoms with Crippen LogP contribution in [0.4, 0.5) is 0 Å². The fourth-order valence-corrected chi connectivity index (χ4v) is 3.37. The number of benzene rings is 1. The van der Waals surface area contributed by atoms with E-state index in [-0.39, 0.29) is 5.54 Å². The Morgan fingerprint density at radius 1 is 1.11 bits per heavy atom. The zero-order chi connectivity index (χ0) is 13.1. The van der Waals surface area contributed by atoms with E-state index in [1.165, 1.54) is 57.2 Å². The standard InChI is InChI=1S/C17H26N2/c18-17(9-10-17)13-15-7-4-11-19(12-8-15)14-16-5-2-1-3-6-16/h1-3,5-6,15H,4,7-14,18H2. The molecule has 0 radical (unpaired) electrons. The summed E-state index contributed by atoms with van der Waals surface area (Å²) in [5.41, 5.74) is 7.95.